The molecule has 0 aromatic heterocycles. The second-order valence-corrected chi connectivity index (χ2v) is 5.58. The van der Waals surface area contributed by atoms with Gasteiger partial charge in [0.2, 0.25) is 0 Å². The number of urea groups is 1. The molecule has 0 aromatic carbocycles. The first-order valence-electron chi connectivity index (χ1n) is 7.30. The van der Waals surface area contributed by atoms with Crippen molar-refractivity contribution in [3.63, 3.8) is 0 Å². The van der Waals surface area contributed by atoms with Crippen LogP contribution in [0.25, 0.3) is 0 Å². The van der Waals surface area contributed by atoms with E-state index in [1.807, 2.05) is 6.92 Å². The molecule has 0 saturated heterocycles. The van der Waals surface area contributed by atoms with Crippen LogP contribution in [0.15, 0.2) is 0 Å². The molecule has 0 radical (unpaired) electrons. The number of rotatable bonds is 5. The average Bonchev–Trinajstić information content (AvgIpc) is 2.53. The lowest BCUT2D eigenvalue weighted by molar-refractivity contribution is -0.137. The molecule has 0 aromatic rings. The molecule has 0 aliphatic heterocycles. The van der Waals surface area contributed by atoms with Crippen LogP contribution in [0.1, 0.15) is 52.4 Å². The van der Waals surface area contributed by atoms with Gasteiger partial charge < -0.3 is 15.3 Å². The SMILES string of the molecule is CCCN(CC(=O)O)C(=O)NC1CCCC(C)CC1. The number of carbonyl (C=O) groups excluding carboxylic acids is 1. The smallest absolute Gasteiger partial charge is 0.323 e. The normalized spacial score (nSPS) is 23.5. The Hall–Kier alpha value is -1.26. The molecule has 1 saturated carbocycles. The van der Waals surface area contributed by atoms with E-state index in [2.05, 4.69) is 12.2 Å². The Bertz CT molecular complexity index is 307. The quantitative estimate of drug-likeness (QED) is 0.754. The van der Waals surface area contributed by atoms with Crippen LogP contribution in [0.3, 0.4) is 0 Å². The highest BCUT2D eigenvalue weighted by Gasteiger charge is 2.21. The van der Waals surface area contributed by atoms with Gasteiger partial charge in [-0.25, -0.2) is 4.79 Å². The lowest BCUT2D eigenvalue weighted by atomic mass is 10.0. The van der Waals surface area contributed by atoms with Crippen molar-refractivity contribution in [1.29, 1.82) is 0 Å². The van der Waals surface area contributed by atoms with Crippen LogP contribution in [0.5, 0.6) is 0 Å². The minimum atomic E-state index is -0.960. The molecule has 2 atom stereocenters. The largest absolute Gasteiger partial charge is 0.480 e. The third kappa shape index (κ3) is 5.94. The lowest BCUT2D eigenvalue weighted by Gasteiger charge is -2.24. The van der Waals surface area contributed by atoms with E-state index in [1.165, 1.54) is 11.3 Å². The number of nitrogens with one attached hydrogen (secondary N) is 1. The summed E-state index contributed by atoms with van der Waals surface area (Å²) in [6.45, 7) is 4.46. The van der Waals surface area contributed by atoms with E-state index < -0.39 is 5.97 Å². The summed E-state index contributed by atoms with van der Waals surface area (Å²) < 4.78 is 0. The predicted molar refractivity (Wildman–Crippen MR) is 74.1 cm³/mol. The molecule has 5 nitrogen and oxygen atoms in total. The first kappa shape index (κ1) is 15.8. The van der Waals surface area contributed by atoms with Crippen LogP contribution in [0, 0.1) is 5.92 Å². The Labute approximate surface area is 115 Å². The van der Waals surface area contributed by atoms with Gasteiger partial charge in [-0.2, -0.15) is 0 Å². The highest BCUT2D eigenvalue weighted by molar-refractivity contribution is 5.80. The van der Waals surface area contributed by atoms with Gasteiger partial charge in [0.25, 0.3) is 0 Å². The number of amides is 2. The van der Waals surface area contributed by atoms with Crippen LogP contribution in [0.2, 0.25) is 0 Å². The molecule has 110 valence electrons. The van der Waals surface area contributed by atoms with Crippen molar-refractivity contribution in [3.8, 4) is 0 Å². The van der Waals surface area contributed by atoms with Crippen molar-refractivity contribution < 1.29 is 14.7 Å². The molecule has 1 rings (SSSR count). The summed E-state index contributed by atoms with van der Waals surface area (Å²) in [7, 11) is 0. The Morgan fingerprint density at radius 3 is 2.63 bits per heavy atom. The number of nitrogens with zero attached hydrogens (tertiary/aromatic N) is 1. The van der Waals surface area contributed by atoms with E-state index in [4.69, 9.17) is 5.11 Å². The van der Waals surface area contributed by atoms with Crippen molar-refractivity contribution in [1.82, 2.24) is 10.2 Å². The Kier molecular flexibility index (Phi) is 6.67. The van der Waals surface area contributed by atoms with Crippen molar-refractivity contribution in [2.75, 3.05) is 13.1 Å². The molecular weight excluding hydrogens is 244 g/mol. The molecule has 1 aliphatic carbocycles. The summed E-state index contributed by atoms with van der Waals surface area (Å²) in [4.78, 5) is 24.2. The van der Waals surface area contributed by atoms with E-state index in [9.17, 15) is 9.59 Å². The maximum absolute atomic E-state index is 12.1. The van der Waals surface area contributed by atoms with Crippen molar-refractivity contribution >= 4 is 12.0 Å². The van der Waals surface area contributed by atoms with E-state index in [-0.39, 0.29) is 18.6 Å². The molecule has 1 fully saturated rings. The summed E-state index contributed by atoms with van der Waals surface area (Å²) in [5.41, 5.74) is 0. The highest BCUT2D eigenvalue weighted by atomic mass is 16.4. The summed E-state index contributed by atoms with van der Waals surface area (Å²) >= 11 is 0. The zero-order valence-corrected chi connectivity index (χ0v) is 12.0. The molecule has 0 bridgehead atoms. The molecule has 0 heterocycles. The van der Waals surface area contributed by atoms with Gasteiger partial charge in [0, 0.05) is 12.6 Å². The summed E-state index contributed by atoms with van der Waals surface area (Å²) in [6.07, 6.45) is 6.27. The molecular formula is C14H26N2O3. The summed E-state index contributed by atoms with van der Waals surface area (Å²) in [5, 5.41) is 11.8. The minimum absolute atomic E-state index is 0.200. The topological polar surface area (TPSA) is 69.6 Å². The van der Waals surface area contributed by atoms with Gasteiger partial charge in [0.05, 0.1) is 0 Å². The summed E-state index contributed by atoms with van der Waals surface area (Å²) in [5.74, 6) is -0.231. The van der Waals surface area contributed by atoms with E-state index in [0.29, 0.717) is 6.54 Å². The van der Waals surface area contributed by atoms with Crippen LogP contribution in [0.4, 0.5) is 4.79 Å². The fourth-order valence-electron chi connectivity index (χ4n) is 2.58. The first-order chi connectivity index (χ1) is 9.02. The Morgan fingerprint density at radius 1 is 1.26 bits per heavy atom. The monoisotopic (exact) mass is 270 g/mol. The van der Waals surface area contributed by atoms with E-state index in [1.54, 1.807) is 0 Å². The molecule has 5 heteroatoms. The van der Waals surface area contributed by atoms with Crippen LogP contribution >= 0.6 is 0 Å². The van der Waals surface area contributed by atoms with Gasteiger partial charge in [0.15, 0.2) is 0 Å². The van der Waals surface area contributed by atoms with Gasteiger partial charge in [-0.05, 0) is 31.6 Å². The zero-order chi connectivity index (χ0) is 14.3. The summed E-state index contributed by atoms with van der Waals surface area (Å²) in [6, 6.07) is -0.0330. The molecule has 19 heavy (non-hydrogen) atoms. The maximum atomic E-state index is 12.1. The molecule has 2 unspecified atom stereocenters. The van der Waals surface area contributed by atoms with E-state index >= 15 is 0 Å². The third-order valence-electron chi connectivity index (χ3n) is 3.69. The number of carbonyl (C=O) groups is 2. The highest BCUT2D eigenvalue weighted by Crippen LogP contribution is 2.22. The fourth-order valence-corrected chi connectivity index (χ4v) is 2.58. The molecule has 2 N–H and O–H groups in total. The van der Waals surface area contributed by atoms with Crippen molar-refractivity contribution in [2.45, 2.75) is 58.4 Å². The second kappa shape index (κ2) is 8.02. The Morgan fingerprint density at radius 2 is 2.00 bits per heavy atom. The van der Waals surface area contributed by atoms with Gasteiger partial charge in [0.1, 0.15) is 6.54 Å². The Balaban J connectivity index is 2.47. The number of aliphatic carboxylic acids is 1. The van der Waals surface area contributed by atoms with Gasteiger partial charge in [-0.15, -0.1) is 0 Å². The van der Waals surface area contributed by atoms with Crippen LogP contribution in [-0.4, -0.2) is 41.1 Å². The van der Waals surface area contributed by atoms with Crippen molar-refractivity contribution in [2.24, 2.45) is 5.92 Å². The van der Waals surface area contributed by atoms with Crippen LogP contribution < -0.4 is 5.32 Å². The zero-order valence-electron chi connectivity index (χ0n) is 12.0. The third-order valence-corrected chi connectivity index (χ3v) is 3.69. The minimum Gasteiger partial charge on any atom is -0.480 e. The standard InChI is InChI=1S/C14H26N2O3/c1-3-9-16(10-13(17)18)14(19)15-12-6-4-5-11(2)7-8-12/h11-12H,3-10H2,1-2H3,(H,15,19)(H,17,18). The second-order valence-electron chi connectivity index (χ2n) is 5.58. The van der Waals surface area contributed by atoms with Gasteiger partial charge in [-0.1, -0.05) is 26.7 Å². The predicted octanol–water partition coefficient (Wildman–Crippen LogP) is 2.46. The van der Waals surface area contributed by atoms with Gasteiger partial charge in [-0.3, -0.25) is 4.79 Å². The number of carboxylic acids is 1. The number of hydrogen-bond donors (Lipinski definition) is 2. The molecule has 1 aliphatic rings. The van der Waals surface area contributed by atoms with Gasteiger partial charge >= 0.3 is 12.0 Å². The van der Waals surface area contributed by atoms with Crippen molar-refractivity contribution in [3.05, 3.63) is 0 Å². The number of hydrogen-bond acceptors (Lipinski definition) is 2. The molecule has 0 spiro atoms. The lowest BCUT2D eigenvalue weighted by Crippen LogP contribution is -2.46. The number of carboxylic acid groups (broad SMARTS) is 1. The maximum Gasteiger partial charge on any atom is 0.323 e. The van der Waals surface area contributed by atoms with E-state index in [0.717, 1.165) is 38.0 Å². The first-order valence-corrected chi connectivity index (χ1v) is 7.30. The average molecular weight is 270 g/mol. The van der Waals surface area contributed by atoms with Crippen LogP contribution in [-0.2, 0) is 4.79 Å². The fraction of sp³-hybridized carbons (Fsp3) is 0.857. The molecule has 2 amide bonds.